The minimum absolute atomic E-state index is 0.0245. The lowest BCUT2D eigenvalue weighted by Gasteiger charge is -2.26. The molecule has 1 fully saturated rings. The van der Waals surface area contributed by atoms with Crippen molar-refractivity contribution >= 4 is 67.2 Å². The van der Waals surface area contributed by atoms with Gasteiger partial charge in [-0.05, 0) is 83.1 Å². The average Bonchev–Trinajstić information content (AvgIpc) is 3.29. The largest absolute Gasteiger partial charge is 0.488 e. The summed E-state index contributed by atoms with van der Waals surface area (Å²) in [5.74, 6) is 1.60. The summed E-state index contributed by atoms with van der Waals surface area (Å²) < 4.78 is 15.0. The quantitative estimate of drug-likeness (QED) is 0.175. The molecule has 4 rings (SSSR count). The standard InChI is InChI=1S/C28H32BrIN2O4S/c1-5-37-23-14-22(36-19-11-12-32(15-19)16-28(3,4)27(33)34)20-13-21(30)24(29)26(25(20)31-23)35-17(2)18-9-7-6-8-10-18/h6-10,13-14,17,19H,5,11-12,15-16H2,1-4H3,(H,33,34)/t17-,19-/m0/s1. The number of ether oxygens (including phenoxy) is 2. The number of carbonyl (C=O) groups is 1. The Balaban J connectivity index is 1.67. The van der Waals surface area contributed by atoms with Crippen LogP contribution >= 0.6 is 50.3 Å². The van der Waals surface area contributed by atoms with Crippen molar-refractivity contribution in [3.63, 3.8) is 0 Å². The molecular weight excluding hydrogens is 667 g/mol. The molecule has 1 aliphatic heterocycles. The number of thioether (sulfide) groups is 1. The molecule has 2 atom stereocenters. The second kappa shape index (κ2) is 12.1. The van der Waals surface area contributed by atoms with Crippen LogP contribution in [0.3, 0.4) is 0 Å². The first-order chi connectivity index (χ1) is 17.6. The second-order valence-electron chi connectivity index (χ2n) is 9.91. The van der Waals surface area contributed by atoms with E-state index in [1.54, 1.807) is 25.6 Å². The predicted molar refractivity (Wildman–Crippen MR) is 161 cm³/mol. The number of rotatable bonds is 10. The molecule has 6 nitrogen and oxygen atoms in total. The molecule has 2 aromatic carbocycles. The molecule has 9 heteroatoms. The lowest BCUT2D eigenvalue weighted by molar-refractivity contribution is -0.147. The van der Waals surface area contributed by atoms with Crippen molar-refractivity contribution in [3.05, 3.63) is 56.1 Å². The van der Waals surface area contributed by atoms with Gasteiger partial charge in [-0.1, -0.05) is 37.3 Å². The molecule has 0 unspecified atom stereocenters. The molecule has 2 heterocycles. The second-order valence-corrected chi connectivity index (χ2v) is 13.2. The number of hydrogen-bond acceptors (Lipinski definition) is 6. The van der Waals surface area contributed by atoms with Gasteiger partial charge in [0.05, 0.1) is 9.89 Å². The Bertz CT molecular complexity index is 1270. The monoisotopic (exact) mass is 698 g/mol. The normalized spacial score (nSPS) is 17.2. The van der Waals surface area contributed by atoms with Gasteiger partial charge in [-0.15, -0.1) is 11.8 Å². The van der Waals surface area contributed by atoms with Crippen molar-refractivity contribution in [1.82, 2.24) is 9.88 Å². The third-order valence-electron chi connectivity index (χ3n) is 6.47. The first-order valence-electron chi connectivity index (χ1n) is 12.4. The number of halogens is 2. The lowest BCUT2D eigenvalue weighted by atomic mass is 9.93. The number of aliphatic carboxylic acids is 1. The minimum atomic E-state index is -0.798. The smallest absolute Gasteiger partial charge is 0.310 e. The van der Waals surface area contributed by atoms with Crippen LogP contribution < -0.4 is 9.47 Å². The SMILES string of the molecule is CCSc1cc(O[C@H]2CCN(CC(C)(C)C(=O)O)C2)c2cc(I)c(Br)c(O[C@@H](C)c3ccccc3)c2n1. The van der Waals surface area contributed by atoms with Crippen molar-refractivity contribution in [3.8, 4) is 11.5 Å². The first-order valence-corrected chi connectivity index (χ1v) is 15.2. The maximum absolute atomic E-state index is 11.6. The number of benzene rings is 2. The van der Waals surface area contributed by atoms with Crippen LogP contribution in [0.5, 0.6) is 11.5 Å². The number of carboxylic acids is 1. The van der Waals surface area contributed by atoms with Gasteiger partial charge in [0.25, 0.3) is 0 Å². The summed E-state index contributed by atoms with van der Waals surface area (Å²) in [6.07, 6.45) is 0.662. The number of hydrogen-bond donors (Lipinski definition) is 1. The minimum Gasteiger partial charge on any atom is -0.488 e. The van der Waals surface area contributed by atoms with Crippen LogP contribution in [-0.2, 0) is 4.79 Å². The number of nitrogens with zero attached hydrogens (tertiary/aromatic N) is 2. The fourth-order valence-electron chi connectivity index (χ4n) is 4.46. The van der Waals surface area contributed by atoms with Gasteiger partial charge >= 0.3 is 5.97 Å². The molecule has 1 N–H and O–H groups in total. The van der Waals surface area contributed by atoms with Gasteiger partial charge in [0.2, 0.25) is 0 Å². The lowest BCUT2D eigenvalue weighted by Crippen LogP contribution is -2.38. The van der Waals surface area contributed by atoms with E-state index in [-0.39, 0.29) is 12.2 Å². The van der Waals surface area contributed by atoms with Crippen molar-refractivity contribution in [1.29, 1.82) is 0 Å². The van der Waals surface area contributed by atoms with Crippen LogP contribution in [-0.4, -0.2) is 52.5 Å². The molecular formula is C28H32BrIN2O4S. The highest BCUT2D eigenvalue weighted by molar-refractivity contribution is 14.1. The Morgan fingerprint density at radius 3 is 2.73 bits per heavy atom. The van der Waals surface area contributed by atoms with Crippen molar-refractivity contribution in [2.45, 2.75) is 51.3 Å². The van der Waals surface area contributed by atoms with E-state index in [4.69, 9.17) is 14.5 Å². The summed E-state index contributed by atoms with van der Waals surface area (Å²) in [5.41, 5.74) is 1.06. The molecule has 37 heavy (non-hydrogen) atoms. The van der Waals surface area contributed by atoms with Crippen LogP contribution in [0.15, 0.2) is 52.0 Å². The van der Waals surface area contributed by atoms with E-state index >= 15 is 0 Å². The molecule has 0 bridgehead atoms. The number of likely N-dealkylation sites (tertiary alicyclic amines) is 1. The highest BCUT2D eigenvalue weighted by Crippen LogP contribution is 2.43. The third kappa shape index (κ3) is 6.72. The van der Waals surface area contributed by atoms with Crippen molar-refractivity contribution < 1.29 is 19.4 Å². The molecule has 0 radical (unpaired) electrons. The highest BCUT2D eigenvalue weighted by Gasteiger charge is 2.34. The van der Waals surface area contributed by atoms with Gasteiger partial charge in [-0.25, -0.2) is 4.98 Å². The molecule has 1 saturated heterocycles. The van der Waals surface area contributed by atoms with E-state index in [0.717, 1.165) is 54.0 Å². The number of pyridine rings is 1. The van der Waals surface area contributed by atoms with Gasteiger partial charge in [0.15, 0.2) is 5.75 Å². The van der Waals surface area contributed by atoms with Gasteiger partial charge in [0.1, 0.15) is 28.5 Å². The molecule has 1 aliphatic rings. The van der Waals surface area contributed by atoms with Crippen LogP contribution in [0.25, 0.3) is 10.9 Å². The number of carboxylic acid groups (broad SMARTS) is 1. The molecule has 198 valence electrons. The fraction of sp³-hybridized carbons (Fsp3) is 0.429. The maximum Gasteiger partial charge on any atom is 0.310 e. The van der Waals surface area contributed by atoms with Crippen LogP contribution in [0.1, 0.15) is 45.8 Å². The van der Waals surface area contributed by atoms with Crippen LogP contribution in [0, 0.1) is 8.99 Å². The van der Waals surface area contributed by atoms with Crippen molar-refractivity contribution in [2.75, 3.05) is 25.4 Å². The number of aromatic nitrogens is 1. The molecule has 0 aliphatic carbocycles. The van der Waals surface area contributed by atoms with Crippen LogP contribution in [0.4, 0.5) is 0 Å². The fourth-order valence-corrected chi connectivity index (χ4v) is 6.06. The van der Waals surface area contributed by atoms with Gasteiger partial charge in [-0.3, -0.25) is 9.69 Å². The Kier molecular flexibility index (Phi) is 9.30. The van der Waals surface area contributed by atoms with Gasteiger partial charge < -0.3 is 14.6 Å². The van der Waals surface area contributed by atoms with E-state index in [9.17, 15) is 9.90 Å². The van der Waals surface area contributed by atoms with E-state index < -0.39 is 11.4 Å². The summed E-state index contributed by atoms with van der Waals surface area (Å²) in [6.45, 7) is 9.69. The molecule has 0 spiro atoms. The summed E-state index contributed by atoms with van der Waals surface area (Å²) in [5, 5.41) is 11.3. The summed E-state index contributed by atoms with van der Waals surface area (Å²) in [4.78, 5) is 18.8. The van der Waals surface area contributed by atoms with E-state index in [1.807, 2.05) is 31.2 Å². The Hall–Kier alpha value is -1.56. The summed E-state index contributed by atoms with van der Waals surface area (Å²) in [6, 6.07) is 14.3. The Morgan fingerprint density at radius 1 is 1.32 bits per heavy atom. The third-order valence-corrected chi connectivity index (χ3v) is 9.64. The summed E-state index contributed by atoms with van der Waals surface area (Å²) >= 11 is 7.73. The van der Waals surface area contributed by atoms with Gasteiger partial charge in [-0.2, -0.15) is 0 Å². The van der Waals surface area contributed by atoms with Crippen molar-refractivity contribution in [2.24, 2.45) is 5.41 Å². The molecule has 0 saturated carbocycles. The zero-order valence-electron chi connectivity index (χ0n) is 21.5. The highest BCUT2D eigenvalue weighted by atomic mass is 127. The zero-order chi connectivity index (χ0) is 26.7. The molecule has 0 amide bonds. The maximum atomic E-state index is 11.6. The van der Waals surface area contributed by atoms with E-state index in [0.29, 0.717) is 18.8 Å². The molecule has 3 aromatic rings. The van der Waals surface area contributed by atoms with Gasteiger partial charge in [0, 0.05) is 34.7 Å². The Labute approximate surface area is 244 Å². The zero-order valence-corrected chi connectivity index (χ0v) is 26.0. The summed E-state index contributed by atoms with van der Waals surface area (Å²) in [7, 11) is 0. The van der Waals surface area contributed by atoms with E-state index in [1.165, 1.54) is 0 Å². The Morgan fingerprint density at radius 2 is 2.05 bits per heavy atom. The average molecular weight is 699 g/mol. The number of fused-ring (bicyclic) bond motifs is 1. The first kappa shape index (κ1) is 28.4. The van der Waals surface area contributed by atoms with E-state index in [2.05, 4.69) is 68.5 Å². The van der Waals surface area contributed by atoms with Crippen LogP contribution in [0.2, 0.25) is 0 Å². The predicted octanol–water partition coefficient (Wildman–Crippen LogP) is 7.42. The topological polar surface area (TPSA) is 71.9 Å². The molecule has 1 aromatic heterocycles.